The summed E-state index contributed by atoms with van der Waals surface area (Å²) in [5.41, 5.74) is 1.79. The van der Waals surface area contributed by atoms with E-state index in [4.69, 9.17) is 0 Å². The number of aryl methyl sites for hydroxylation is 1. The van der Waals surface area contributed by atoms with Crippen LogP contribution in [0.3, 0.4) is 0 Å². The highest BCUT2D eigenvalue weighted by atomic mass is 16.1. The van der Waals surface area contributed by atoms with Gasteiger partial charge in [-0.3, -0.25) is 4.79 Å². The molecule has 0 saturated heterocycles. The van der Waals surface area contributed by atoms with Crippen LogP contribution in [-0.4, -0.2) is 5.78 Å². The topological polar surface area (TPSA) is 17.1 Å². The zero-order valence-corrected chi connectivity index (χ0v) is 9.34. The van der Waals surface area contributed by atoms with E-state index in [2.05, 4.69) is 18.8 Å². The van der Waals surface area contributed by atoms with Crippen LogP contribution in [0.1, 0.15) is 42.1 Å². The number of ketones is 1. The first-order valence-electron chi connectivity index (χ1n) is 5.34. The predicted molar refractivity (Wildman–Crippen MR) is 62.8 cm³/mol. The van der Waals surface area contributed by atoms with Crippen molar-refractivity contribution in [3.63, 3.8) is 0 Å². The van der Waals surface area contributed by atoms with Crippen LogP contribution in [0.4, 0.5) is 0 Å². The summed E-state index contributed by atoms with van der Waals surface area (Å²) in [6.45, 7) is 4.09. The average molecular weight is 200 g/mol. The van der Waals surface area contributed by atoms with Crippen molar-refractivity contribution in [2.24, 2.45) is 0 Å². The maximum absolute atomic E-state index is 11.6. The average Bonchev–Trinajstić information content (AvgIpc) is 2.24. The highest BCUT2D eigenvalue weighted by molar-refractivity contribution is 6.09. The van der Waals surface area contributed by atoms with Crippen molar-refractivity contribution in [2.45, 2.75) is 33.1 Å². The van der Waals surface area contributed by atoms with Crippen molar-refractivity contribution in [1.29, 1.82) is 0 Å². The number of rotatable bonds is 3. The molecule has 0 heterocycles. The van der Waals surface area contributed by atoms with Crippen molar-refractivity contribution < 1.29 is 4.79 Å². The van der Waals surface area contributed by atoms with Crippen molar-refractivity contribution in [2.75, 3.05) is 0 Å². The minimum Gasteiger partial charge on any atom is -0.279 e. The summed E-state index contributed by atoms with van der Waals surface area (Å²) in [6.07, 6.45) is 3.00. The van der Waals surface area contributed by atoms with Crippen LogP contribution >= 0.6 is 0 Å². The molecule has 0 fully saturated rings. The first-order valence-corrected chi connectivity index (χ1v) is 5.34. The molecule has 0 atom stereocenters. The molecule has 0 N–H and O–H groups in total. The van der Waals surface area contributed by atoms with Crippen LogP contribution in [-0.2, 0) is 0 Å². The van der Waals surface area contributed by atoms with Gasteiger partial charge in [-0.25, -0.2) is 0 Å². The normalized spacial score (nSPS) is 9.20. The van der Waals surface area contributed by atoms with Crippen molar-refractivity contribution in [3.8, 4) is 11.8 Å². The Balaban J connectivity index is 2.63. The van der Waals surface area contributed by atoms with Gasteiger partial charge in [0.05, 0.1) is 0 Å². The third-order valence-electron chi connectivity index (χ3n) is 2.14. The second-order valence-corrected chi connectivity index (χ2v) is 3.60. The molecule has 1 aromatic carbocycles. The fraction of sp³-hybridized carbons (Fsp3) is 0.357. The van der Waals surface area contributed by atoms with Gasteiger partial charge in [0.15, 0.2) is 0 Å². The highest BCUT2D eigenvalue weighted by Crippen LogP contribution is 2.04. The van der Waals surface area contributed by atoms with Crippen molar-refractivity contribution in [3.05, 3.63) is 35.4 Å². The molecule has 0 radical (unpaired) electrons. The number of benzene rings is 1. The number of unbranched alkanes of at least 4 members (excludes halogenated alkanes) is 2. The summed E-state index contributed by atoms with van der Waals surface area (Å²) in [4.78, 5) is 11.6. The third-order valence-corrected chi connectivity index (χ3v) is 2.14. The lowest BCUT2D eigenvalue weighted by Crippen LogP contribution is -1.94. The summed E-state index contributed by atoms with van der Waals surface area (Å²) < 4.78 is 0. The van der Waals surface area contributed by atoms with Crippen molar-refractivity contribution >= 4 is 5.78 Å². The molecule has 0 spiro atoms. The van der Waals surface area contributed by atoms with Gasteiger partial charge >= 0.3 is 0 Å². The second kappa shape index (κ2) is 6.03. The molecule has 0 bridgehead atoms. The van der Waals surface area contributed by atoms with Crippen LogP contribution in [0.2, 0.25) is 0 Å². The summed E-state index contributed by atoms with van der Waals surface area (Å²) in [5, 5.41) is 0. The van der Waals surface area contributed by atoms with Gasteiger partial charge in [-0.05, 0) is 25.3 Å². The molecule has 15 heavy (non-hydrogen) atoms. The van der Waals surface area contributed by atoms with E-state index < -0.39 is 0 Å². The Labute approximate surface area is 91.5 Å². The number of carbonyl (C=O) groups is 1. The maximum Gasteiger partial charge on any atom is 0.235 e. The SMILES string of the molecule is CCCCC#CC(=O)c1cccc(C)c1. The lowest BCUT2D eigenvalue weighted by Gasteiger charge is -1.95. The van der Waals surface area contributed by atoms with Gasteiger partial charge in [0.2, 0.25) is 5.78 Å². The zero-order valence-electron chi connectivity index (χ0n) is 9.34. The number of hydrogen-bond donors (Lipinski definition) is 0. The first-order chi connectivity index (χ1) is 7.24. The minimum atomic E-state index is -0.0743. The highest BCUT2D eigenvalue weighted by Gasteiger charge is 2.00. The molecular formula is C14H16O. The lowest BCUT2D eigenvalue weighted by atomic mass is 10.1. The van der Waals surface area contributed by atoms with Gasteiger partial charge in [0, 0.05) is 12.0 Å². The molecule has 0 aliphatic rings. The van der Waals surface area contributed by atoms with Crippen LogP contribution in [0.15, 0.2) is 24.3 Å². The molecule has 0 aliphatic heterocycles. The Morgan fingerprint density at radius 3 is 2.87 bits per heavy atom. The Hall–Kier alpha value is -1.55. The summed E-state index contributed by atoms with van der Waals surface area (Å²) in [7, 11) is 0. The van der Waals surface area contributed by atoms with Gasteiger partial charge in [-0.2, -0.15) is 0 Å². The fourth-order valence-corrected chi connectivity index (χ4v) is 1.27. The fourth-order valence-electron chi connectivity index (χ4n) is 1.27. The van der Waals surface area contributed by atoms with Gasteiger partial charge in [-0.1, -0.05) is 43.0 Å². The Bertz CT molecular complexity index is 393. The smallest absolute Gasteiger partial charge is 0.235 e. The van der Waals surface area contributed by atoms with E-state index in [1.165, 1.54) is 0 Å². The molecule has 78 valence electrons. The monoisotopic (exact) mass is 200 g/mol. The zero-order chi connectivity index (χ0) is 11.1. The second-order valence-electron chi connectivity index (χ2n) is 3.60. The Kier molecular flexibility index (Phi) is 4.63. The maximum atomic E-state index is 11.6. The molecular weight excluding hydrogens is 184 g/mol. The summed E-state index contributed by atoms with van der Waals surface area (Å²) in [6, 6.07) is 7.54. The molecule has 0 aliphatic carbocycles. The molecule has 0 saturated carbocycles. The molecule has 1 rings (SSSR count). The predicted octanol–water partition coefficient (Wildman–Crippen LogP) is 3.37. The third kappa shape index (κ3) is 3.99. The lowest BCUT2D eigenvalue weighted by molar-refractivity contribution is 0.105. The molecule has 0 unspecified atom stereocenters. The van der Waals surface area contributed by atoms with E-state index >= 15 is 0 Å². The minimum absolute atomic E-state index is 0.0743. The van der Waals surface area contributed by atoms with Crippen molar-refractivity contribution in [1.82, 2.24) is 0 Å². The largest absolute Gasteiger partial charge is 0.279 e. The quantitative estimate of drug-likeness (QED) is 0.316. The standard InChI is InChI=1S/C14H16O/c1-3-4-5-6-10-14(15)13-9-7-8-12(2)11-13/h7-9,11H,3-5H2,1-2H3. The van der Waals surface area contributed by atoms with E-state index in [0.29, 0.717) is 5.56 Å². The van der Waals surface area contributed by atoms with E-state index in [9.17, 15) is 4.79 Å². The number of Topliss-reactive ketones (excluding diaryl/α,β-unsaturated/α-hetero) is 1. The van der Waals surface area contributed by atoms with E-state index in [1.54, 1.807) is 0 Å². The molecule has 1 aromatic rings. The van der Waals surface area contributed by atoms with E-state index in [1.807, 2.05) is 31.2 Å². The summed E-state index contributed by atoms with van der Waals surface area (Å²) in [5.74, 6) is 5.50. The number of hydrogen-bond acceptors (Lipinski definition) is 1. The van der Waals surface area contributed by atoms with Gasteiger partial charge in [0.1, 0.15) is 0 Å². The van der Waals surface area contributed by atoms with Crippen LogP contribution in [0, 0.1) is 18.8 Å². The van der Waals surface area contributed by atoms with Crippen LogP contribution in [0.5, 0.6) is 0 Å². The van der Waals surface area contributed by atoms with Gasteiger partial charge < -0.3 is 0 Å². The van der Waals surface area contributed by atoms with Crippen LogP contribution < -0.4 is 0 Å². The Morgan fingerprint density at radius 1 is 1.40 bits per heavy atom. The molecule has 0 amide bonds. The number of carbonyl (C=O) groups excluding carboxylic acids is 1. The van der Waals surface area contributed by atoms with E-state index in [-0.39, 0.29) is 5.78 Å². The summed E-state index contributed by atoms with van der Waals surface area (Å²) >= 11 is 0. The van der Waals surface area contributed by atoms with E-state index in [0.717, 1.165) is 24.8 Å². The molecule has 0 aromatic heterocycles. The van der Waals surface area contributed by atoms with Gasteiger partial charge in [0.25, 0.3) is 0 Å². The first kappa shape index (κ1) is 11.5. The van der Waals surface area contributed by atoms with Crippen LogP contribution in [0.25, 0.3) is 0 Å². The Morgan fingerprint density at radius 2 is 2.20 bits per heavy atom. The van der Waals surface area contributed by atoms with Gasteiger partial charge in [-0.15, -0.1) is 0 Å². The molecule has 1 heteroatoms. The molecule has 1 nitrogen and oxygen atoms in total.